The van der Waals surface area contributed by atoms with Gasteiger partial charge in [0.05, 0.1) is 19.3 Å². The molecular weight excluding hydrogens is 250 g/mol. The molecule has 0 amide bonds. The first-order valence-corrected chi connectivity index (χ1v) is 7.67. The lowest BCUT2D eigenvalue weighted by atomic mass is 9.85. The molecule has 0 saturated carbocycles. The zero-order valence-electron chi connectivity index (χ0n) is 13.1. The van der Waals surface area contributed by atoms with Crippen LogP contribution in [0.5, 0.6) is 5.75 Å². The van der Waals surface area contributed by atoms with E-state index < -0.39 is 0 Å². The maximum absolute atomic E-state index is 6.13. The standard InChI is InChI=1S/C17H27NO2/c1-5-18-17-15-8-7-14(19-4)10-13(15)6-9-16(17)20-11-12(2)3/h7-8,10,12,16-18H,5-6,9,11H2,1-4H3. The molecule has 0 aromatic heterocycles. The average molecular weight is 277 g/mol. The van der Waals surface area contributed by atoms with E-state index in [2.05, 4.69) is 38.2 Å². The summed E-state index contributed by atoms with van der Waals surface area (Å²) in [6.07, 6.45) is 2.42. The molecule has 1 N–H and O–H groups in total. The highest BCUT2D eigenvalue weighted by atomic mass is 16.5. The topological polar surface area (TPSA) is 30.5 Å². The molecule has 0 heterocycles. The van der Waals surface area contributed by atoms with Crippen LogP contribution in [-0.4, -0.2) is 26.4 Å². The van der Waals surface area contributed by atoms with Crippen LogP contribution in [0.2, 0.25) is 0 Å². The summed E-state index contributed by atoms with van der Waals surface area (Å²) in [5.41, 5.74) is 2.76. The first-order valence-electron chi connectivity index (χ1n) is 7.67. The van der Waals surface area contributed by atoms with Crippen LogP contribution in [0.15, 0.2) is 18.2 Å². The molecule has 0 radical (unpaired) electrons. The summed E-state index contributed by atoms with van der Waals surface area (Å²) in [5, 5.41) is 3.59. The van der Waals surface area contributed by atoms with E-state index in [0.717, 1.165) is 31.7 Å². The number of benzene rings is 1. The van der Waals surface area contributed by atoms with Gasteiger partial charge in [-0.05, 0) is 48.6 Å². The number of aryl methyl sites for hydroxylation is 1. The van der Waals surface area contributed by atoms with Crippen molar-refractivity contribution in [1.82, 2.24) is 5.32 Å². The molecule has 0 spiro atoms. The molecule has 0 saturated heterocycles. The van der Waals surface area contributed by atoms with Gasteiger partial charge in [0.1, 0.15) is 5.75 Å². The smallest absolute Gasteiger partial charge is 0.119 e. The summed E-state index contributed by atoms with van der Waals surface area (Å²) in [6.45, 7) is 8.33. The second kappa shape index (κ2) is 7.09. The number of nitrogens with one attached hydrogen (secondary N) is 1. The van der Waals surface area contributed by atoms with E-state index in [1.165, 1.54) is 11.1 Å². The Morgan fingerprint density at radius 1 is 1.35 bits per heavy atom. The molecule has 0 aliphatic heterocycles. The van der Waals surface area contributed by atoms with Gasteiger partial charge in [-0.25, -0.2) is 0 Å². The number of methoxy groups -OCH3 is 1. The highest BCUT2D eigenvalue weighted by Gasteiger charge is 2.29. The Morgan fingerprint density at radius 3 is 2.80 bits per heavy atom. The van der Waals surface area contributed by atoms with Crippen LogP contribution < -0.4 is 10.1 Å². The van der Waals surface area contributed by atoms with Crippen molar-refractivity contribution in [2.24, 2.45) is 5.92 Å². The molecule has 1 aromatic rings. The third kappa shape index (κ3) is 3.53. The van der Waals surface area contributed by atoms with E-state index in [1.54, 1.807) is 7.11 Å². The molecule has 1 aliphatic rings. The van der Waals surface area contributed by atoms with Crippen molar-refractivity contribution in [2.75, 3.05) is 20.3 Å². The fraction of sp³-hybridized carbons (Fsp3) is 0.647. The van der Waals surface area contributed by atoms with Gasteiger partial charge in [-0.3, -0.25) is 0 Å². The lowest BCUT2D eigenvalue weighted by Gasteiger charge is -2.34. The normalized spacial score (nSPS) is 21.9. The zero-order chi connectivity index (χ0) is 14.5. The molecule has 0 bridgehead atoms. The van der Waals surface area contributed by atoms with Crippen molar-refractivity contribution in [3.63, 3.8) is 0 Å². The third-order valence-corrected chi connectivity index (χ3v) is 3.82. The van der Waals surface area contributed by atoms with Gasteiger partial charge in [-0.15, -0.1) is 0 Å². The quantitative estimate of drug-likeness (QED) is 0.865. The van der Waals surface area contributed by atoms with E-state index in [4.69, 9.17) is 9.47 Å². The summed E-state index contributed by atoms with van der Waals surface area (Å²) in [6, 6.07) is 6.70. The second-order valence-corrected chi connectivity index (χ2v) is 5.90. The summed E-state index contributed by atoms with van der Waals surface area (Å²) in [7, 11) is 1.72. The Labute approximate surface area is 122 Å². The van der Waals surface area contributed by atoms with E-state index in [-0.39, 0.29) is 6.10 Å². The lowest BCUT2D eigenvalue weighted by molar-refractivity contribution is 0.00215. The Balaban J connectivity index is 2.18. The van der Waals surface area contributed by atoms with E-state index >= 15 is 0 Å². The van der Waals surface area contributed by atoms with Crippen molar-refractivity contribution >= 4 is 0 Å². The summed E-state index contributed by atoms with van der Waals surface area (Å²) < 4.78 is 11.5. The highest BCUT2D eigenvalue weighted by Crippen LogP contribution is 2.34. The number of hydrogen-bond donors (Lipinski definition) is 1. The number of fused-ring (bicyclic) bond motifs is 1. The van der Waals surface area contributed by atoms with E-state index in [9.17, 15) is 0 Å². The lowest BCUT2D eigenvalue weighted by Crippen LogP contribution is -2.38. The van der Waals surface area contributed by atoms with Gasteiger partial charge in [0.25, 0.3) is 0 Å². The molecule has 2 atom stereocenters. The van der Waals surface area contributed by atoms with Gasteiger partial charge in [0, 0.05) is 6.61 Å². The highest BCUT2D eigenvalue weighted by molar-refractivity contribution is 5.40. The molecule has 3 heteroatoms. The minimum atomic E-state index is 0.276. The van der Waals surface area contributed by atoms with Gasteiger partial charge in [-0.2, -0.15) is 0 Å². The van der Waals surface area contributed by atoms with Crippen LogP contribution in [0.25, 0.3) is 0 Å². The third-order valence-electron chi connectivity index (χ3n) is 3.82. The molecule has 2 unspecified atom stereocenters. The SMILES string of the molecule is CCNC1c2ccc(OC)cc2CCC1OCC(C)C. The second-order valence-electron chi connectivity index (χ2n) is 5.90. The molecule has 3 nitrogen and oxygen atoms in total. The number of hydrogen-bond acceptors (Lipinski definition) is 3. The molecule has 112 valence electrons. The van der Waals surface area contributed by atoms with Crippen molar-refractivity contribution in [3.05, 3.63) is 29.3 Å². The van der Waals surface area contributed by atoms with Crippen molar-refractivity contribution in [1.29, 1.82) is 0 Å². The Kier molecular flexibility index (Phi) is 5.44. The predicted octanol–water partition coefficient (Wildman–Crippen LogP) is 3.33. The number of likely N-dealkylation sites (N-methyl/N-ethyl adjacent to an activating group) is 1. The van der Waals surface area contributed by atoms with Gasteiger partial charge in [0.2, 0.25) is 0 Å². The van der Waals surface area contributed by atoms with Crippen LogP contribution in [0.4, 0.5) is 0 Å². The first-order chi connectivity index (χ1) is 9.65. The molecule has 2 rings (SSSR count). The molecule has 1 aromatic carbocycles. The zero-order valence-corrected chi connectivity index (χ0v) is 13.1. The van der Waals surface area contributed by atoms with Gasteiger partial charge in [0.15, 0.2) is 0 Å². The Morgan fingerprint density at radius 2 is 2.15 bits per heavy atom. The monoisotopic (exact) mass is 277 g/mol. The van der Waals surface area contributed by atoms with Crippen LogP contribution in [-0.2, 0) is 11.2 Å². The van der Waals surface area contributed by atoms with Crippen LogP contribution in [0.3, 0.4) is 0 Å². The molecule has 1 aliphatic carbocycles. The fourth-order valence-electron chi connectivity index (χ4n) is 2.85. The maximum atomic E-state index is 6.13. The molecular formula is C17H27NO2. The van der Waals surface area contributed by atoms with Crippen LogP contribution in [0.1, 0.15) is 44.4 Å². The van der Waals surface area contributed by atoms with Gasteiger partial charge < -0.3 is 14.8 Å². The van der Waals surface area contributed by atoms with E-state index in [0.29, 0.717) is 12.0 Å². The van der Waals surface area contributed by atoms with Gasteiger partial charge in [-0.1, -0.05) is 26.8 Å². The van der Waals surface area contributed by atoms with Crippen molar-refractivity contribution < 1.29 is 9.47 Å². The van der Waals surface area contributed by atoms with E-state index in [1.807, 2.05) is 6.07 Å². The number of ether oxygens (including phenoxy) is 2. The van der Waals surface area contributed by atoms with Crippen molar-refractivity contribution in [2.45, 2.75) is 45.8 Å². The summed E-state index contributed by atoms with van der Waals surface area (Å²) in [4.78, 5) is 0. The number of rotatable bonds is 6. The van der Waals surface area contributed by atoms with Crippen LogP contribution in [0, 0.1) is 5.92 Å². The first kappa shape index (κ1) is 15.3. The largest absolute Gasteiger partial charge is 0.497 e. The summed E-state index contributed by atoms with van der Waals surface area (Å²) in [5.74, 6) is 1.52. The minimum Gasteiger partial charge on any atom is -0.497 e. The molecule has 20 heavy (non-hydrogen) atoms. The van der Waals surface area contributed by atoms with Crippen molar-refractivity contribution in [3.8, 4) is 5.75 Å². The Bertz CT molecular complexity index is 431. The minimum absolute atomic E-state index is 0.276. The van der Waals surface area contributed by atoms with Crippen LogP contribution >= 0.6 is 0 Å². The predicted molar refractivity (Wildman–Crippen MR) is 82.3 cm³/mol. The Hall–Kier alpha value is -1.06. The fourth-order valence-corrected chi connectivity index (χ4v) is 2.85. The van der Waals surface area contributed by atoms with Gasteiger partial charge >= 0.3 is 0 Å². The maximum Gasteiger partial charge on any atom is 0.119 e. The average Bonchev–Trinajstić information content (AvgIpc) is 2.45. The summed E-state index contributed by atoms with van der Waals surface area (Å²) >= 11 is 0. The molecule has 0 fully saturated rings.